The zero-order valence-corrected chi connectivity index (χ0v) is 16.6. The standard InChI is InChI=1S/C21H27N5O2/c1-22-20(27)14-9-10-17(23-12-14)15-6-5-11-26(13-15)21(28)19-16-7-3-4-8-18(16)24-25(19)2/h9-10,12,15H,3-8,11,13H2,1-2H3,(H,22,27)/t15-/m0/s1. The number of amides is 2. The third-order valence-corrected chi connectivity index (χ3v) is 5.92. The molecule has 0 spiro atoms. The van der Waals surface area contributed by atoms with E-state index in [1.54, 1.807) is 24.0 Å². The summed E-state index contributed by atoms with van der Waals surface area (Å²) in [5.74, 6) is 0.144. The first-order valence-electron chi connectivity index (χ1n) is 10.1. The molecule has 2 aromatic heterocycles. The summed E-state index contributed by atoms with van der Waals surface area (Å²) in [6.07, 6.45) is 7.77. The van der Waals surface area contributed by atoms with Crippen molar-refractivity contribution < 1.29 is 9.59 Å². The zero-order valence-electron chi connectivity index (χ0n) is 16.6. The quantitative estimate of drug-likeness (QED) is 0.883. The van der Waals surface area contributed by atoms with Gasteiger partial charge in [0.05, 0.1) is 11.3 Å². The molecule has 4 rings (SSSR count). The summed E-state index contributed by atoms with van der Waals surface area (Å²) in [5.41, 5.74) is 4.50. The van der Waals surface area contributed by atoms with Crippen molar-refractivity contribution in [2.75, 3.05) is 20.1 Å². The van der Waals surface area contributed by atoms with Crippen LogP contribution < -0.4 is 5.32 Å². The van der Waals surface area contributed by atoms with Gasteiger partial charge in [0.15, 0.2) is 0 Å². The van der Waals surface area contributed by atoms with Crippen LogP contribution in [-0.2, 0) is 19.9 Å². The lowest BCUT2D eigenvalue weighted by Gasteiger charge is -2.33. The summed E-state index contributed by atoms with van der Waals surface area (Å²) in [7, 11) is 3.49. The van der Waals surface area contributed by atoms with E-state index in [1.807, 2.05) is 18.0 Å². The maximum absolute atomic E-state index is 13.3. The molecule has 0 saturated carbocycles. The van der Waals surface area contributed by atoms with E-state index in [9.17, 15) is 9.59 Å². The first-order chi connectivity index (χ1) is 13.6. The number of carbonyl (C=O) groups excluding carboxylic acids is 2. The number of hydrogen-bond acceptors (Lipinski definition) is 4. The number of likely N-dealkylation sites (tertiary alicyclic amines) is 1. The minimum atomic E-state index is -0.138. The van der Waals surface area contributed by atoms with Crippen molar-refractivity contribution in [1.29, 1.82) is 0 Å². The molecule has 0 aromatic carbocycles. The van der Waals surface area contributed by atoms with E-state index in [4.69, 9.17) is 0 Å². The Hall–Kier alpha value is -2.70. The fraction of sp³-hybridized carbons (Fsp3) is 0.524. The first-order valence-corrected chi connectivity index (χ1v) is 10.1. The number of carbonyl (C=O) groups is 2. The van der Waals surface area contributed by atoms with E-state index in [0.29, 0.717) is 12.1 Å². The Labute approximate surface area is 165 Å². The van der Waals surface area contributed by atoms with E-state index in [2.05, 4.69) is 15.4 Å². The minimum absolute atomic E-state index is 0.0878. The first kappa shape index (κ1) is 18.7. The SMILES string of the molecule is CNC(=O)c1ccc([C@H]2CCCN(C(=O)c3c4c(nn3C)CCCC4)C2)nc1. The fourth-order valence-electron chi connectivity index (χ4n) is 4.43. The molecule has 1 fully saturated rings. The van der Waals surface area contributed by atoms with Crippen LogP contribution in [0.3, 0.4) is 0 Å². The summed E-state index contributed by atoms with van der Waals surface area (Å²) >= 11 is 0. The molecule has 0 radical (unpaired) electrons. The molecule has 28 heavy (non-hydrogen) atoms. The number of rotatable bonds is 3. The molecule has 7 heteroatoms. The van der Waals surface area contributed by atoms with E-state index >= 15 is 0 Å². The van der Waals surface area contributed by atoms with Crippen LogP contribution in [0.2, 0.25) is 0 Å². The third kappa shape index (κ3) is 3.41. The average Bonchev–Trinajstić information content (AvgIpc) is 3.08. The van der Waals surface area contributed by atoms with Gasteiger partial charge in [-0.05, 0) is 50.7 Å². The van der Waals surface area contributed by atoms with Crippen molar-refractivity contribution in [3.05, 3.63) is 46.5 Å². The molecule has 2 aromatic rings. The summed E-state index contributed by atoms with van der Waals surface area (Å²) in [6, 6.07) is 3.72. The second-order valence-electron chi connectivity index (χ2n) is 7.75. The highest BCUT2D eigenvalue weighted by Crippen LogP contribution is 2.29. The highest BCUT2D eigenvalue weighted by Gasteiger charge is 2.31. The van der Waals surface area contributed by atoms with Crippen molar-refractivity contribution in [2.45, 2.75) is 44.4 Å². The van der Waals surface area contributed by atoms with E-state index in [-0.39, 0.29) is 17.7 Å². The minimum Gasteiger partial charge on any atom is -0.355 e. The smallest absolute Gasteiger partial charge is 0.272 e. The van der Waals surface area contributed by atoms with Gasteiger partial charge in [0, 0.05) is 50.6 Å². The molecular weight excluding hydrogens is 354 g/mol. The second-order valence-corrected chi connectivity index (χ2v) is 7.75. The van der Waals surface area contributed by atoms with Crippen molar-refractivity contribution in [3.63, 3.8) is 0 Å². The van der Waals surface area contributed by atoms with Crippen LogP contribution in [0.4, 0.5) is 0 Å². The Balaban J connectivity index is 1.52. The average molecular weight is 381 g/mol. The van der Waals surface area contributed by atoms with Gasteiger partial charge in [-0.3, -0.25) is 19.3 Å². The molecule has 1 atom stereocenters. The molecule has 148 valence electrons. The van der Waals surface area contributed by atoms with Gasteiger partial charge in [-0.2, -0.15) is 5.10 Å². The number of fused-ring (bicyclic) bond motifs is 1. The van der Waals surface area contributed by atoms with Crippen LogP contribution in [0.15, 0.2) is 18.3 Å². The van der Waals surface area contributed by atoms with Crippen molar-refractivity contribution in [3.8, 4) is 0 Å². The van der Waals surface area contributed by atoms with Crippen LogP contribution in [0.5, 0.6) is 0 Å². The lowest BCUT2D eigenvalue weighted by molar-refractivity contribution is 0.0693. The van der Waals surface area contributed by atoms with E-state index in [0.717, 1.165) is 67.7 Å². The molecule has 2 amide bonds. The highest BCUT2D eigenvalue weighted by atomic mass is 16.2. The maximum Gasteiger partial charge on any atom is 0.272 e. The largest absolute Gasteiger partial charge is 0.355 e. The van der Waals surface area contributed by atoms with E-state index in [1.165, 1.54) is 0 Å². The third-order valence-electron chi connectivity index (χ3n) is 5.92. The number of nitrogens with zero attached hydrogens (tertiary/aromatic N) is 4. The summed E-state index contributed by atoms with van der Waals surface area (Å²) in [5, 5.41) is 7.21. The number of hydrogen-bond donors (Lipinski definition) is 1. The number of aromatic nitrogens is 3. The Morgan fingerprint density at radius 1 is 1.18 bits per heavy atom. The molecule has 2 aliphatic rings. The van der Waals surface area contributed by atoms with Gasteiger partial charge in [-0.25, -0.2) is 0 Å². The highest BCUT2D eigenvalue weighted by molar-refractivity contribution is 5.94. The molecule has 7 nitrogen and oxygen atoms in total. The van der Waals surface area contributed by atoms with Crippen molar-refractivity contribution in [1.82, 2.24) is 25.0 Å². The van der Waals surface area contributed by atoms with Gasteiger partial charge in [0.1, 0.15) is 5.69 Å². The van der Waals surface area contributed by atoms with Crippen molar-refractivity contribution >= 4 is 11.8 Å². The fourth-order valence-corrected chi connectivity index (χ4v) is 4.43. The summed E-state index contributed by atoms with van der Waals surface area (Å²) < 4.78 is 1.78. The van der Waals surface area contributed by atoms with Gasteiger partial charge in [0.2, 0.25) is 0 Å². The molecule has 3 heterocycles. The van der Waals surface area contributed by atoms with Crippen LogP contribution in [0.25, 0.3) is 0 Å². The van der Waals surface area contributed by atoms with Gasteiger partial charge >= 0.3 is 0 Å². The lowest BCUT2D eigenvalue weighted by atomic mass is 9.92. The van der Waals surface area contributed by atoms with Crippen LogP contribution >= 0.6 is 0 Å². The Morgan fingerprint density at radius 2 is 2.00 bits per heavy atom. The zero-order chi connectivity index (χ0) is 19.7. The monoisotopic (exact) mass is 381 g/mol. The summed E-state index contributed by atoms with van der Waals surface area (Å²) in [4.78, 5) is 31.5. The predicted octanol–water partition coefficient (Wildman–Crippen LogP) is 2.07. The van der Waals surface area contributed by atoms with E-state index < -0.39 is 0 Å². The van der Waals surface area contributed by atoms with Crippen LogP contribution in [0.1, 0.15) is 69.4 Å². The predicted molar refractivity (Wildman–Crippen MR) is 105 cm³/mol. The molecule has 1 N–H and O–H groups in total. The Morgan fingerprint density at radius 3 is 2.75 bits per heavy atom. The number of nitrogens with one attached hydrogen (secondary N) is 1. The molecular formula is C21H27N5O2. The van der Waals surface area contributed by atoms with Crippen LogP contribution in [-0.4, -0.2) is 51.6 Å². The second kappa shape index (κ2) is 7.73. The normalized spacial score (nSPS) is 19.2. The maximum atomic E-state index is 13.3. The Kier molecular flexibility index (Phi) is 5.15. The molecule has 1 saturated heterocycles. The van der Waals surface area contributed by atoms with Gasteiger partial charge in [-0.1, -0.05) is 0 Å². The molecule has 0 unspecified atom stereocenters. The van der Waals surface area contributed by atoms with Gasteiger partial charge in [0.25, 0.3) is 11.8 Å². The lowest BCUT2D eigenvalue weighted by Crippen LogP contribution is -2.40. The number of piperidine rings is 1. The molecule has 1 aliphatic heterocycles. The van der Waals surface area contributed by atoms with Gasteiger partial charge < -0.3 is 10.2 Å². The molecule has 0 bridgehead atoms. The topological polar surface area (TPSA) is 80.1 Å². The summed E-state index contributed by atoms with van der Waals surface area (Å²) in [6.45, 7) is 1.43. The van der Waals surface area contributed by atoms with Gasteiger partial charge in [-0.15, -0.1) is 0 Å². The molecule has 1 aliphatic carbocycles. The number of pyridine rings is 1. The van der Waals surface area contributed by atoms with Crippen molar-refractivity contribution in [2.24, 2.45) is 7.05 Å². The number of aryl methyl sites for hydroxylation is 2. The van der Waals surface area contributed by atoms with Crippen LogP contribution in [0, 0.1) is 0 Å². The Bertz CT molecular complexity index is 887.